The Bertz CT molecular complexity index is 2000. The number of fused-ring (bicyclic) bond motifs is 1. The molecule has 18 heteroatoms. The summed E-state index contributed by atoms with van der Waals surface area (Å²) in [6.07, 6.45) is -1.54. The second-order valence-corrected chi connectivity index (χ2v) is 15.7. The number of benzene rings is 2. The number of para-hydroxylation sites is 1. The van der Waals surface area contributed by atoms with Gasteiger partial charge < -0.3 is 40.1 Å². The van der Waals surface area contributed by atoms with Crippen LogP contribution >= 0.6 is 11.6 Å². The number of carbonyl (C=O) groups is 4. The third-order valence-electron chi connectivity index (χ3n) is 11.4. The number of pyridine rings is 1. The fourth-order valence-corrected chi connectivity index (χ4v) is 8.32. The molecule has 0 unspecified atom stereocenters. The lowest BCUT2D eigenvalue weighted by molar-refractivity contribution is -0.141. The fourth-order valence-electron chi connectivity index (χ4n) is 8.08. The van der Waals surface area contributed by atoms with Gasteiger partial charge in [0.1, 0.15) is 12.4 Å². The van der Waals surface area contributed by atoms with E-state index >= 15 is 0 Å². The molecule has 1 atom stereocenters. The largest absolute Gasteiger partial charge is 0.461 e. The van der Waals surface area contributed by atoms with Crippen LogP contribution in [0.25, 0.3) is 0 Å². The van der Waals surface area contributed by atoms with Crippen molar-refractivity contribution < 1.29 is 41.8 Å². The molecular formula is C41H48ClF3N8O6. The topological polar surface area (TPSA) is 154 Å². The first-order valence-electron chi connectivity index (χ1n) is 20.0. The van der Waals surface area contributed by atoms with Crippen LogP contribution in [0.2, 0.25) is 5.02 Å². The van der Waals surface area contributed by atoms with Crippen LogP contribution in [0.4, 0.5) is 40.0 Å². The molecule has 4 aliphatic rings. The second kappa shape index (κ2) is 18.3. The predicted octanol–water partition coefficient (Wildman–Crippen LogP) is 5.89. The quantitative estimate of drug-likeness (QED) is 0.187. The van der Waals surface area contributed by atoms with E-state index in [1.165, 1.54) is 28.5 Å². The SMILES string of the molecule is Nc1c(Cl)cc(C[C@@H](OC(=O)N2CCC(N3Cc4ccccc4NC3=O)CC2)C(=O)N2CCN(c3ccc(C(=O)OCCN4CCCCC4)cn3)CC2)cc1C(F)(F)F. The van der Waals surface area contributed by atoms with Crippen molar-refractivity contribution in [3.05, 3.63) is 82.0 Å². The molecule has 3 aromatic rings. The molecule has 0 aliphatic carbocycles. The number of rotatable bonds is 10. The Balaban J connectivity index is 0.975. The van der Waals surface area contributed by atoms with Gasteiger partial charge in [0.2, 0.25) is 0 Å². The van der Waals surface area contributed by atoms with Crippen LogP contribution in [0, 0.1) is 0 Å². The molecule has 2 aromatic carbocycles. The van der Waals surface area contributed by atoms with Gasteiger partial charge in [-0.25, -0.2) is 19.4 Å². The molecule has 5 heterocycles. The minimum absolute atomic E-state index is 0.0192. The molecule has 7 rings (SSSR count). The molecule has 3 fully saturated rings. The molecular weight excluding hydrogens is 793 g/mol. The van der Waals surface area contributed by atoms with Crippen LogP contribution in [-0.4, -0.2) is 126 Å². The minimum atomic E-state index is -4.81. The number of nitrogens with one attached hydrogen (secondary N) is 1. The number of nitrogens with zero attached hydrogens (tertiary/aromatic N) is 6. The normalized spacial score (nSPS) is 18.5. The summed E-state index contributed by atoms with van der Waals surface area (Å²) in [5, 5.41) is 2.58. The van der Waals surface area contributed by atoms with Crippen molar-refractivity contribution in [2.75, 3.05) is 81.5 Å². The number of carbonyl (C=O) groups excluding carboxylic acids is 4. The van der Waals surface area contributed by atoms with Gasteiger partial charge in [0.05, 0.1) is 21.8 Å². The minimum Gasteiger partial charge on any atom is -0.461 e. The highest BCUT2D eigenvalue weighted by Gasteiger charge is 2.38. The van der Waals surface area contributed by atoms with E-state index in [1.54, 1.807) is 17.0 Å². The van der Waals surface area contributed by atoms with Gasteiger partial charge in [-0.15, -0.1) is 0 Å². The molecule has 0 radical (unpaired) electrons. The number of nitrogen functional groups attached to an aromatic ring is 1. The Labute approximate surface area is 345 Å². The molecule has 316 valence electrons. The number of halogens is 4. The van der Waals surface area contributed by atoms with Crippen molar-refractivity contribution in [1.29, 1.82) is 0 Å². The number of nitrogens with two attached hydrogens (primary N) is 1. The van der Waals surface area contributed by atoms with Crippen LogP contribution < -0.4 is 16.0 Å². The van der Waals surface area contributed by atoms with Gasteiger partial charge in [-0.3, -0.25) is 9.69 Å². The zero-order valence-electron chi connectivity index (χ0n) is 32.6. The van der Waals surface area contributed by atoms with Crippen molar-refractivity contribution in [3.8, 4) is 0 Å². The van der Waals surface area contributed by atoms with Crippen molar-refractivity contribution in [2.24, 2.45) is 0 Å². The number of ether oxygens (including phenoxy) is 2. The summed E-state index contributed by atoms with van der Waals surface area (Å²) in [5.41, 5.74) is 5.97. The Morgan fingerprint density at radius 1 is 0.932 bits per heavy atom. The molecule has 4 aliphatic heterocycles. The third-order valence-corrected chi connectivity index (χ3v) is 11.8. The summed E-state index contributed by atoms with van der Waals surface area (Å²) in [4.78, 5) is 66.7. The van der Waals surface area contributed by atoms with E-state index in [1.807, 2.05) is 29.2 Å². The Hall–Kier alpha value is -5.29. The zero-order chi connectivity index (χ0) is 41.7. The highest BCUT2D eigenvalue weighted by Crippen LogP contribution is 2.38. The average molecular weight is 841 g/mol. The summed E-state index contributed by atoms with van der Waals surface area (Å²) in [5.74, 6) is -0.434. The lowest BCUT2D eigenvalue weighted by atomic mass is 10.0. The zero-order valence-corrected chi connectivity index (χ0v) is 33.3. The molecule has 14 nitrogen and oxygen atoms in total. The van der Waals surface area contributed by atoms with Crippen molar-refractivity contribution >= 4 is 52.8 Å². The van der Waals surface area contributed by atoms with Crippen LogP contribution in [0.3, 0.4) is 0 Å². The lowest BCUT2D eigenvalue weighted by Crippen LogP contribution is -2.54. The number of esters is 1. The van der Waals surface area contributed by atoms with Crippen LogP contribution in [-0.2, 0) is 33.4 Å². The third kappa shape index (κ3) is 10.1. The number of amides is 4. The standard InChI is InChI=1S/C41H48ClF3N8O6/c42-32-23-27(22-31(36(32)46)41(43,44)45)24-34(59-40(57)52-14-10-30(11-15-52)53-26-29-6-2-3-7-33(29)48-39(53)56)37(54)51-18-16-50(17-19-51)35-9-8-28(25-47-35)38(55)58-21-20-49-12-4-1-5-13-49/h2-3,6-9,22-23,25,30,34H,1,4-5,10-21,24,26,46H2,(H,48,56)/t34-/m1/s1. The average Bonchev–Trinajstić information content (AvgIpc) is 3.24. The van der Waals surface area contributed by atoms with Crippen LogP contribution in [0.5, 0.6) is 0 Å². The number of piperidine rings is 2. The molecule has 3 N–H and O–H groups in total. The van der Waals surface area contributed by atoms with E-state index in [-0.39, 0.29) is 55.3 Å². The highest BCUT2D eigenvalue weighted by atomic mass is 35.5. The Morgan fingerprint density at radius 3 is 2.36 bits per heavy atom. The van der Waals surface area contributed by atoms with Gasteiger partial charge in [-0.05, 0) is 80.2 Å². The molecule has 0 spiro atoms. The molecule has 3 saturated heterocycles. The van der Waals surface area contributed by atoms with Crippen LogP contribution in [0.15, 0.2) is 54.7 Å². The predicted molar refractivity (Wildman–Crippen MR) is 214 cm³/mol. The van der Waals surface area contributed by atoms with Crippen molar-refractivity contribution in [1.82, 2.24) is 24.6 Å². The van der Waals surface area contributed by atoms with E-state index in [4.69, 9.17) is 26.8 Å². The number of hydrogen-bond donors (Lipinski definition) is 2. The summed E-state index contributed by atoms with van der Waals surface area (Å²) >= 11 is 6.13. The van der Waals surface area contributed by atoms with E-state index in [2.05, 4.69) is 15.2 Å². The number of alkyl halides is 3. The number of anilines is 3. The summed E-state index contributed by atoms with van der Waals surface area (Å²) < 4.78 is 53.0. The monoisotopic (exact) mass is 840 g/mol. The first-order chi connectivity index (χ1) is 28.3. The summed E-state index contributed by atoms with van der Waals surface area (Å²) in [6.45, 7) is 5.04. The van der Waals surface area contributed by atoms with Gasteiger partial charge in [-0.2, -0.15) is 13.2 Å². The molecule has 0 saturated carbocycles. The molecule has 0 bridgehead atoms. The number of urea groups is 1. The number of aromatic nitrogens is 1. The van der Waals surface area contributed by atoms with E-state index in [9.17, 15) is 32.3 Å². The van der Waals surface area contributed by atoms with Gasteiger partial charge in [0, 0.05) is 76.7 Å². The summed E-state index contributed by atoms with van der Waals surface area (Å²) in [7, 11) is 0. The molecule has 4 amide bonds. The van der Waals surface area contributed by atoms with E-state index in [0.29, 0.717) is 57.0 Å². The fraction of sp³-hybridized carbons (Fsp3) is 0.488. The summed E-state index contributed by atoms with van der Waals surface area (Å²) in [6, 6.07) is 12.6. The molecule has 1 aromatic heterocycles. The highest BCUT2D eigenvalue weighted by molar-refractivity contribution is 6.33. The lowest BCUT2D eigenvalue weighted by Gasteiger charge is -2.40. The Morgan fingerprint density at radius 2 is 1.66 bits per heavy atom. The second-order valence-electron chi connectivity index (χ2n) is 15.3. The number of piperazine rings is 1. The van der Waals surface area contributed by atoms with Gasteiger partial charge in [0.25, 0.3) is 5.91 Å². The van der Waals surface area contributed by atoms with Crippen molar-refractivity contribution in [3.63, 3.8) is 0 Å². The van der Waals surface area contributed by atoms with Crippen LogP contribution in [0.1, 0.15) is 59.2 Å². The van der Waals surface area contributed by atoms with Gasteiger partial charge >= 0.3 is 24.3 Å². The smallest absolute Gasteiger partial charge is 0.418 e. The maximum Gasteiger partial charge on any atom is 0.418 e. The number of hydrogen-bond acceptors (Lipinski definition) is 10. The van der Waals surface area contributed by atoms with E-state index < -0.39 is 41.5 Å². The Kier molecular flexibility index (Phi) is 13.0. The maximum absolute atomic E-state index is 14.1. The van der Waals surface area contributed by atoms with Crippen molar-refractivity contribution in [2.45, 2.75) is 63.4 Å². The van der Waals surface area contributed by atoms with Gasteiger partial charge in [-0.1, -0.05) is 36.2 Å². The van der Waals surface area contributed by atoms with E-state index in [0.717, 1.165) is 43.2 Å². The van der Waals surface area contributed by atoms with Gasteiger partial charge in [0.15, 0.2) is 6.10 Å². The molecule has 59 heavy (non-hydrogen) atoms. The first-order valence-corrected chi connectivity index (χ1v) is 20.4. The number of likely N-dealkylation sites (tertiary alicyclic amines) is 2. The maximum atomic E-state index is 14.1. The first kappa shape index (κ1) is 41.9.